The van der Waals surface area contributed by atoms with Crippen LogP contribution < -0.4 is 10.6 Å². The van der Waals surface area contributed by atoms with Gasteiger partial charge in [-0.3, -0.25) is 15.1 Å². The first-order valence-electron chi connectivity index (χ1n) is 8.37. The standard InChI is InChI=1S/C17H26N4O2.HI/c1-18-17(19-12-4-7-14-5-2-3-6-14)20-13-15-8-10-16(11-9-15)21(22)23;/h8-11,14H,2-7,12-13H2,1H3,(H2,18,19,20);1H. The smallest absolute Gasteiger partial charge is 0.269 e. The van der Waals surface area contributed by atoms with Crippen LogP contribution in [-0.2, 0) is 6.54 Å². The van der Waals surface area contributed by atoms with E-state index in [0.29, 0.717) is 6.54 Å². The molecule has 0 amide bonds. The Balaban J connectivity index is 0.00000288. The van der Waals surface area contributed by atoms with Gasteiger partial charge in [-0.05, 0) is 24.3 Å². The molecule has 1 aromatic carbocycles. The summed E-state index contributed by atoms with van der Waals surface area (Å²) < 4.78 is 0. The average Bonchev–Trinajstić information content (AvgIpc) is 3.08. The third-order valence-electron chi connectivity index (χ3n) is 4.39. The molecule has 1 aliphatic carbocycles. The Hall–Kier alpha value is -1.38. The number of aliphatic imine (C=N–C) groups is 1. The number of non-ortho nitro benzene ring substituents is 1. The number of nitro groups is 1. The van der Waals surface area contributed by atoms with Crippen LogP contribution in [0.4, 0.5) is 5.69 Å². The van der Waals surface area contributed by atoms with Crippen molar-refractivity contribution in [1.82, 2.24) is 10.6 Å². The summed E-state index contributed by atoms with van der Waals surface area (Å²) in [5, 5.41) is 17.2. The third kappa shape index (κ3) is 7.02. The number of guanidine groups is 1. The Morgan fingerprint density at radius 1 is 1.25 bits per heavy atom. The molecule has 0 heterocycles. The monoisotopic (exact) mass is 446 g/mol. The van der Waals surface area contributed by atoms with Crippen molar-refractivity contribution in [3.63, 3.8) is 0 Å². The average molecular weight is 446 g/mol. The molecule has 0 saturated heterocycles. The van der Waals surface area contributed by atoms with Crippen molar-refractivity contribution in [2.24, 2.45) is 10.9 Å². The molecule has 1 saturated carbocycles. The van der Waals surface area contributed by atoms with Crippen LogP contribution in [0.5, 0.6) is 0 Å². The van der Waals surface area contributed by atoms with E-state index in [1.54, 1.807) is 19.2 Å². The predicted molar refractivity (Wildman–Crippen MR) is 108 cm³/mol. The van der Waals surface area contributed by atoms with Crippen molar-refractivity contribution in [3.8, 4) is 0 Å². The highest BCUT2D eigenvalue weighted by Crippen LogP contribution is 2.28. The van der Waals surface area contributed by atoms with Crippen molar-refractivity contribution in [2.75, 3.05) is 13.6 Å². The van der Waals surface area contributed by atoms with Crippen molar-refractivity contribution >= 4 is 35.6 Å². The predicted octanol–water partition coefficient (Wildman–Crippen LogP) is 3.85. The first-order chi connectivity index (χ1) is 11.2. The molecular weight excluding hydrogens is 419 g/mol. The summed E-state index contributed by atoms with van der Waals surface area (Å²) in [4.78, 5) is 14.4. The van der Waals surface area contributed by atoms with E-state index in [1.165, 1.54) is 50.7 Å². The lowest BCUT2D eigenvalue weighted by molar-refractivity contribution is -0.384. The first kappa shape index (κ1) is 20.7. The van der Waals surface area contributed by atoms with E-state index in [4.69, 9.17) is 0 Å². The second-order valence-electron chi connectivity index (χ2n) is 6.07. The molecule has 0 unspecified atom stereocenters. The van der Waals surface area contributed by atoms with Crippen molar-refractivity contribution in [2.45, 2.75) is 45.1 Å². The zero-order valence-electron chi connectivity index (χ0n) is 14.2. The van der Waals surface area contributed by atoms with Gasteiger partial charge in [0.25, 0.3) is 5.69 Å². The molecule has 0 aromatic heterocycles. The van der Waals surface area contributed by atoms with Gasteiger partial charge < -0.3 is 10.6 Å². The van der Waals surface area contributed by atoms with Gasteiger partial charge in [0.15, 0.2) is 5.96 Å². The summed E-state index contributed by atoms with van der Waals surface area (Å²) in [7, 11) is 1.75. The van der Waals surface area contributed by atoms with Gasteiger partial charge in [-0.25, -0.2) is 0 Å². The minimum atomic E-state index is -0.387. The lowest BCUT2D eigenvalue weighted by Crippen LogP contribution is -2.37. The van der Waals surface area contributed by atoms with Crippen LogP contribution in [-0.4, -0.2) is 24.5 Å². The molecule has 134 valence electrons. The van der Waals surface area contributed by atoms with Crippen LogP contribution in [0.1, 0.15) is 44.1 Å². The van der Waals surface area contributed by atoms with E-state index in [2.05, 4.69) is 15.6 Å². The number of nitro benzene ring substituents is 1. The number of rotatable bonds is 7. The zero-order valence-corrected chi connectivity index (χ0v) is 16.5. The van der Waals surface area contributed by atoms with Gasteiger partial charge in [-0.1, -0.05) is 37.8 Å². The fourth-order valence-electron chi connectivity index (χ4n) is 3.04. The van der Waals surface area contributed by atoms with Gasteiger partial charge in [-0.15, -0.1) is 24.0 Å². The summed E-state index contributed by atoms with van der Waals surface area (Å²) in [6.07, 6.45) is 8.06. The number of benzene rings is 1. The molecule has 0 atom stereocenters. The van der Waals surface area contributed by atoms with Crippen molar-refractivity contribution < 1.29 is 4.92 Å². The molecule has 7 heteroatoms. The maximum Gasteiger partial charge on any atom is 0.269 e. The van der Waals surface area contributed by atoms with Gasteiger partial charge in [0.05, 0.1) is 4.92 Å². The summed E-state index contributed by atoms with van der Waals surface area (Å²) in [6, 6.07) is 6.57. The number of nitrogens with one attached hydrogen (secondary N) is 2. The Morgan fingerprint density at radius 2 is 1.92 bits per heavy atom. The van der Waals surface area contributed by atoms with Crippen LogP contribution >= 0.6 is 24.0 Å². The van der Waals surface area contributed by atoms with Crippen LogP contribution in [0.3, 0.4) is 0 Å². The maximum absolute atomic E-state index is 10.6. The van der Waals surface area contributed by atoms with Crippen LogP contribution in [0.15, 0.2) is 29.3 Å². The lowest BCUT2D eigenvalue weighted by atomic mass is 10.0. The highest BCUT2D eigenvalue weighted by molar-refractivity contribution is 14.0. The van der Waals surface area contributed by atoms with E-state index < -0.39 is 0 Å². The fraction of sp³-hybridized carbons (Fsp3) is 0.588. The maximum atomic E-state index is 10.6. The Morgan fingerprint density at radius 3 is 2.50 bits per heavy atom. The highest BCUT2D eigenvalue weighted by atomic mass is 127. The Bertz CT molecular complexity index is 528. The molecule has 1 aliphatic rings. The molecule has 0 radical (unpaired) electrons. The molecule has 1 aromatic rings. The number of halogens is 1. The van der Waals surface area contributed by atoms with E-state index in [-0.39, 0.29) is 34.6 Å². The summed E-state index contributed by atoms with van der Waals surface area (Å²) >= 11 is 0. The van der Waals surface area contributed by atoms with E-state index in [1.807, 2.05) is 0 Å². The number of nitrogens with zero attached hydrogens (tertiary/aromatic N) is 2. The lowest BCUT2D eigenvalue weighted by Gasteiger charge is -2.13. The fourth-order valence-corrected chi connectivity index (χ4v) is 3.04. The molecular formula is C17H27IN4O2. The van der Waals surface area contributed by atoms with Gasteiger partial charge in [0.1, 0.15) is 0 Å². The molecule has 24 heavy (non-hydrogen) atoms. The second kappa shape index (κ2) is 11.2. The Kier molecular flexibility index (Phi) is 9.66. The molecule has 1 fully saturated rings. The topological polar surface area (TPSA) is 79.6 Å². The molecule has 0 spiro atoms. The highest BCUT2D eigenvalue weighted by Gasteiger charge is 2.14. The SMILES string of the molecule is CN=C(NCCCC1CCCC1)NCc1ccc([N+](=O)[O-])cc1.I. The van der Waals surface area contributed by atoms with Gasteiger partial charge in [0.2, 0.25) is 0 Å². The zero-order chi connectivity index (χ0) is 16.5. The van der Waals surface area contributed by atoms with Gasteiger partial charge >= 0.3 is 0 Å². The normalized spacial score (nSPS) is 15.0. The molecule has 6 nitrogen and oxygen atoms in total. The second-order valence-corrected chi connectivity index (χ2v) is 6.07. The van der Waals surface area contributed by atoms with Crippen LogP contribution in [0.25, 0.3) is 0 Å². The quantitative estimate of drug-likeness (QED) is 0.167. The minimum absolute atomic E-state index is 0. The summed E-state index contributed by atoms with van der Waals surface area (Å²) in [5.74, 6) is 1.70. The largest absolute Gasteiger partial charge is 0.356 e. The summed E-state index contributed by atoms with van der Waals surface area (Å²) in [6.45, 7) is 1.52. The molecule has 0 aliphatic heterocycles. The van der Waals surface area contributed by atoms with E-state index in [0.717, 1.165) is 24.0 Å². The van der Waals surface area contributed by atoms with E-state index in [9.17, 15) is 10.1 Å². The minimum Gasteiger partial charge on any atom is -0.356 e. The van der Waals surface area contributed by atoms with Crippen molar-refractivity contribution in [3.05, 3.63) is 39.9 Å². The Labute approximate surface area is 160 Å². The molecule has 2 rings (SSSR count). The van der Waals surface area contributed by atoms with Crippen LogP contribution in [0.2, 0.25) is 0 Å². The molecule has 0 bridgehead atoms. The first-order valence-corrected chi connectivity index (χ1v) is 8.37. The van der Waals surface area contributed by atoms with Crippen molar-refractivity contribution in [1.29, 1.82) is 0 Å². The van der Waals surface area contributed by atoms with Gasteiger partial charge in [-0.2, -0.15) is 0 Å². The van der Waals surface area contributed by atoms with Gasteiger partial charge in [0, 0.05) is 32.3 Å². The number of hydrogen-bond acceptors (Lipinski definition) is 3. The van der Waals surface area contributed by atoms with E-state index >= 15 is 0 Å². The summed E-state index contributed by atoms with van der Waals surface area (Å²) in [5.41, 5.74) is 1.10. The molecule has 2 N–H and O–H groups in total. The van der Waals surface area contributed by atoms with Crippen LogP contribution in [0, 0.1) is 16.0 Å². The third-order valence-corrected chi connectivity index (χ3v) is 4.39. The number of hydrogen-bond donors (Lipinski definition) is 2.